The largest absolute Gasteiger partial charge is 0.497 e. The molecule has 29 heavy (non-hydrogen) atoms. The number of pyridine rings is 1. The average Bonchev–Trinajstić information content (AvgIpc) is 2.74. The number of amides is 1. The van der Waals surface area contributed by atoms with Gasteiger partial charge in [0.1, 0.15) is 11.5 Å². The molecule has 0 radical (unpaired) electrons. The Balaban J connectivity index is 1.70. The highest BCUT2D eigenvalue weighted by Crippen LogP contribution is 2.23. The molecule has 152 valence electrons. The Kier molecular flexibility index (Phi) is 6.86. The molecule has 1 heterocycles. The van der Waals surface area contributed by atoms with Gasteiger partial charge in [0.2, 0.25) is 0 Å². The lowest BCUT2D eigenvalue weighted by atomic mass is 10.1. The van der Waals surface area contributed by atoms with Crippen molar-refractivity contribution in [3.05, 3.63) is 65.1 Å². The maximum atomic E-state index is 12.7. The van der Waals surface area contributed by atoms with Gasteiger partial charge in [0.05, 0.1) is 19.1 Å². The molecule has 0 unspecified atom stereocenters. The average molecular weight is 396 g/mol. The van der Waals surface area contributed by atoms with Gasteiger partial charge in [-0.2, -0.15) is 0 Å². The van der Waals surface area contributed by atoms with Gasteiger partial charge in [-0.25, -0.2) is 0 Å². The summed E-state index contributed by atoms with van der Waals surface area (Å²) in [5, 5.41) is 3.96. The van der Waals surface area contributed by atoms with Crippen LogP contribution in [0, 0.1) is 0 Å². The van der Waals surface area contributed by atoms with Gasteiger partial charge >= 0.3 is 0 Å². The van der Waals surface area contributed by atoms with Gasteiger partial charge in [0.15, 0.2) is 6.61 Å². The molecule has 3 rings (SSSR count). The summed E-state index contributed by atoms with van der Waals surface area (Å²) in [5.74, 6) is 0.830. The smallest absolute Gasteiger partial charge is 0.262 e. The van der Waals surface area contributed by atoms with Crippen molar-refractivity contribution in [2.75, 3.05) is 32.2 Å². The molecule has 0 aliphatic carbocycles. The normalized spacial score (nSPS) is 10.7. The highest BCUT2D eigenvalue weighted by Gasteiger charge is 2.10. The van der Waals surface area contributed by atoms with E-state index in [1.165, 1.54) is 0 Å². The van der Waals surface area contributed by atoms with Gasteiger partial charge in [-0.05, 0) is 37.3 Å². The Hall–Kier alpha value is -3.32. The Morgan fingerprint density at radius 3 is 2.72 bits per heavy atom. The summed E-state index contributed by atoms with van der Waals surface area (Å²) < 4.78 is 17.8. The van der Waals surface area contributed by atoms with E-state index < -0.39 is 0 Å². The predicted molar refractivity (Wildman–Crippen MR) is 112 cm³/mol. The second-order valence-corrected chi connectivity index (χ2v) is 6.30. The summed E-state index contributed by atoms with van der Waals surface area (Å²) >= 11 is 0. The Morgan fingerprint density at radius 2 is 1.93 bits per heavy atom. The van der Waals surface area contributed by atoms with Crippen molar-refractivity contribution in [3.8, 4) is 11.5 Å². The first-order valence-electron chi connectivity index (χ1n) is 9.39. The van der Waals surface area contributed by atoms with Crippen LogP contribution in [-0.2, 0) is 16.1 Å². The monoisotopic (exact) mass is 396 g/mol. The van der Waals surface area contributed by atoms with Gasteiger partial charge < -0.3 is 24.1 Å². The molecule has 0 atom stereocenters. The number of ether oxygens (including phenoxy) is 3. The van der Waals surface area contributed by atoms with Crippen LogP contribution in [0.3, 0.4) is 0 Å². The van der Waals surface area contributed by atoms with Crippen molar-refractivity contribution >= 4 is 22.4 Å². The van der Waals surface area contributed by atoms with Crippen LogP contribution in [0.5, 0.6) is 11.5 Å². The fourth-order valence-electron chi connectivity index (χ4n) is 2.94. The summed E-state index contributed by atoms with van der Waals surface area (Å²) in [6, 6.07) is 14.1. The van der Waals surface area contributed by atoms with Gasteiger partial charge in [-0.1, -0.05) is 12.1 Å². The minimum atomic E-state index is -0.305. The number of anilines is 1. The maximum Gasteiger partial charge on any atom is 0.262 e. The maximum absolute atomic E-state index is 12.7. The number of carbonyl (C=O) groups excluding carboxylic acids is 1. The van der Waals surface area contributed by atoms with E-state index in [0.717, 1.165) is 0 Å². The Labute approximate surface area is 168 Å². The number of benzene rings is 2. The number of carbonyl (C=O) groups is 1. The number of hydrogen-bond donors (Lipinski definition) is 1. The first kappa shape index (κ1) is 20.4. The van der Waals surface area contributed by atoms with Crippen LogP contribution in [-0.4, -0.2) is 37.4 Å². The summed E-state index contributed by atoms with van der Waals surface area (Å²) in [7, 11) is 1.56. The van der Waals surface area contributed by atoms with E-state index in [1.807, 2.05) is 13.0 Å². The van der Waals surface area contributed by atoms with E-state index in [0.29, 0.717) is 47.7 Å². The quantitative estimate of drug-likeness (QED) is 0.563. The number of nitrogens with zero attached hydrogens (tertiary/aromatic N) is 1. The van der Waals surface area contributed by atoms with Crippen LogP contribution in [0.15, 0.2) is 59.5 Å². The fourth-order valence-corrected chi connectivity index (χ4v) is 2.94. The van der Waals surface area contributed by atoms with E-state index in [-0.39, 0.29) is 18.1 Å². The summed E-state index contributed by atoms with van der Waals surface area (Å²) in [5.41, 5.74) is 0.501. The van der Waals surface area contributed by atoms with Crippen molar-refractivity contribution in [2.24, 2.45) is 0 Å². The van der Waals surface area contributed by atoms with E-state index >= 15 is 0 Å². The second-order valence-electron chi connectivity index (χ2n) is 6.30. The molecule has 3 aromatic rings. The van der Waals surface area contributed by atoms with Gasteiger partial charge in [0, 0.05) is 36.5 Å². The number of methoxy groups -OCH3 is 1. The molecular weight excluding hydrogens is 372 g/mol. The van der Waals surface area contributed by atoms with E-state index in [4.69, 9.17) is 14.2 Å². The standard InChI is InChI=1S/C22H24N2O5/c1-3-28-13-12-24-11-10-18-19(22(24)26)8-5-9-20(18)29-15-21(25)23-16-6-4-7-17(14-16)27-2/h4-11,14H,3,12-13,15H2,1-2H3,(H,23,25). The SMILES string of the molecule is CCOCCn1ccc2c(OCC(=O)Nc3cccc(OC)c3)cccc2c1=O. The molecule has 1 aromatic heterocycles. The predicted octanol–water partition coefficient (Wildman–Crippen LogP) is 3.06. The molecule has 0 saturated heterocycles. The number of nitrogens with one attached hydrogen (secondary N) is 1. The molecule has 0 spiro atoms. The first-order valence-corrected chi connectivity index (χ1v) is 9.39. The summed E-state index contributed by atoms with van der Waals surface area (Å²) in [4.78, 5) is 24.9. The molecule has 0 fully saturated rings. The lowest BCUT2D eigenvalue weighted by Crippen LogP contribution is -2.22. The van der Waals surface area contributed by atoms with Crippen LogP contribution in [0.4, 0.5) is 5.69 Å². The fraction of sp³-hybridized carbons (Fsp3) is 0.273. The summed E-state index contributed by atoms with van der Waals surface area (Å²) in [6.45, 7) is 3.30. The van der Waals surface area contributed by atoms with Gasteiger partial charge in [-0.15, -0.1) is 0 Å². The zero-order valence-electron chi connectivity index (χ0n) is 16.5. The zero-order chi connectivity index (χ0) is 20.6. The number of rotatable bonds is 9. The van der Waals surface area contributed by atoms with Crippen molar-refractivity contribution < 1.29 is 19.0 Å². The molecule has 0 aliphatic rings. The van der Waals surface area contributed by atoms with Crippen molar-refractivity contribution in [1.29, 1.82) is 0 Å². The van der Waals surface area contributed by atoms with Crippen molar-refractivity contribution in [1.82, 2.24) is 4.57 Å². The molecule has 1 amide bonds. The highest BCUT2D eigenvalue weighted by molar-refractivity contribution is 5.93. The Bertz CT molecular complexity index is 1040. The van der Waals surface area contributed by atoms with E-state index in [9.17, 15) is 9.59 Å². The van der Waals surface area contributed by atoms with Gasteiger partial charge in [-0.3, -0.25) is 9.59 Å². The van der Waals surface area contributed by atoms with Crippen LogP contribution < -0.4 is 20.3 Å². The molecule has 7 heteroatoms. The lowest BCUT2D eigenvalue weighted by Gasteiger charge is -2.12. The molecule has 7 nitrogen and oxygen atoms in total. The minimum absolute atomic E-state index is 0.117. The number of hydrogen-bond acceptors (Lipinski definition) is 5. The second kappa shape index (κ2) is 9.75. The third kappa shape index (κ3) is 5.14. The molecule has 0 saturated carbocycles. The highest BCUT2D eigenvalue weighted by atomic mass is 16.5. The topological polar surface area (TPSA) is 78.8 Å². The third-order valence-electron chi connectivity index (χ3n) is 4.37. The molecular formula is C22H24N2O5. The minimum Gasteiger partial charge on any atom is -0.497 e. The van der Waals surface area contributed by atoms with E-state index in [2.05, 4.69) is 5.32 Å². The van der Waals surface area contributed by atoms with Crippen LogP contribution in [0.2, 0.25) is 0 Å². The summed E-state index contributed by atoms with van der Waals surface area (Å²) in [6.07, 6.45) is 1.72. The van der Waals surface area contributed by atoms with Gasteiger partial charge in [0.25, 0.3) is 11.5 Å². The van der Waals surface area contributed by atoms with E-state index in [1.54, 1.807) is 60.3 Å². The number of fused-ring (bicyclic) bond motifs is 1. The molecule has 1 N–H and O–H groups in total. The van der Waals surface area contributed by atoms with Crippen LogP contribution >= 0.6 is 0 Å². The van der Waals surface area contributed by atoms with Crippen molar-refractivity contribution in [3.63, 3.8) is 0 Å². The van der Waals surface area contributed by atoms with Crippen molar-refractivity contribution in [2.45, 2.75) is 13.5 Å². The van der Waals surface area contributed by atoms with Crippen LogP contribution in [0.1, 0.15) is 6.92 Å². The molecule has 0 bridgehead atoms. The molecule has 0 aliphatic heterocycles. The first-order chi connectivity index (χ1) is 14.1. The number of aromatic nitrogens is 1. The third-order valence-corrected chi connectivity index (χ3v) is 4.37. The lowest BCUT2D eigenvalue weighted by molar-refractivity contribution is -0.118. The molecule has 2 aromatic carbocycles. The Morgan fingerprint density at radius 1 is 1.10 bits per heavy atom. The van der Waals surface area contributed by atoms with Crippen LogP contribution in [0.25, 0.3) is 10.8 Å². The zero-order valence-corrected chi connectivity index (χ0v) is 16.5.